The van der Waals surface area contributed by atoms with E-state index >= 15 is 0 Å². The molecule has 5 heteroatoms. The molecule has 1 fully saturated rings. The normalized spacial score (nSPS) is 28.8. The maximum Gasteiger partial charge on any atom is 0.196 e. The fourth-order valence-electron chi connectivity index (χ4n) is 3.60. The Kier molecular flexibility index (Phi) is 3.76. The van der Waals surface area contributed by atoms with E-state index in [2.05, 4.69) is 16.0 Å². The van der Waals surface area contributed by atoms with E-state index in [1.54, 1.807) is 14.2 Å². The summed E-state index contributed by atoms with van der Waals surface area (Å²) in [6.07, 6.45) is 4.60. The molecule has 1 spiro atoms. The number of rotatable bonds is 3. The van der Waals surface area contributed by atoms with Crippen molar-refractivity contribution in [2.75, 3.05) is 25.7 Å². The van der Waals surface area contributed by atoms with Crippen molar-refractivity contribution in [3.8, 4) is 5.75 Å². The SMILES string of the molecule is COc1cccc(N2C(N)=NCC23CCCC(OC)C3)c1. The Labute approximate surface area is 125 Å². The molecule has 2 aliphatic rings. The summed E-state index contributed by atoms with van der Waals surface area (Å²) in [5.41, 5.74) is 7.19. The van der Waals surface area contributed by atoms with E-state index in [4.69, 9.17) is 15.2 Å². The first-order valence-corrected chi connectivity index (χ1v) is 7.45. The highest BCUT2D eigenvalue weighted by atomic mass is 16.5. The zero-order chi connectivity index (χ0) is 14.9. The van der Waals surface area contributed by atoms with E-state index < -0.39 is 0 Å². The molecule has 0 bridgehead atoms. The lowest BCUT2D eigenvalue weighted by atomic mass is 9.79. The molecule has 114 valence electrons. The average molecular weight is 289 g/mol. The molecule has 1 saturated carbocycles. The molecular weight excluding hydrogens is 266 g/mol. The molecule has 2 unspecified atom stereocenters. The van der Waals surface area contributed by atoms with Crippen LogP contribution in [0.15, 0.2) is 29.3 Å². The molecule has 5 nitrogen and oxygen atoms in total. The third-order valence-electron chi connectivity index (χ3n) is 4.66. The van der Waals surface area contributed by atoms with E-state index in [9.17, 15) is 0 Å². The Bertz CT molecular complexity index is 546. The molecule has 2 atom stereocenters. The van der Waals surface area contributed by atoms with Crippen LogP contribution in [0.5, 0.6) is 5.75 Å². The molecule has 0 radical (unpaired) electrons. The van der Waals surface area contributed by atoms with Gasteiger partial charge in [-0.05, 0) is 37.8 Å². The molecule has 2 N–H and O–H groups in total. The van der Waals surface area contributed by atoms with E-state index in [0.29, 0.717) is 5.96 Å². The number of hydrogen-bond acceptors (Lipinski definition) is 5. The predicted octanol–water partition coefficient (Wildman–Crippen LogP) is 2.16. The van der Waals surface area contributed by atoms with Crippen molar-refractivity contribution in [1.82, 2.24) is 0 Å². The number of ether oxygens (including phenoxy) is 2. The van der Waals surface area contributed by atoms with Gasteiger partial charge in [0.1, 0.15) is 5.75 Å². The zero-order valence-corrected chi connectivity index (χ0v) is 12.7. The summed E-state index contributed by atoms with van der Waals surface area (Å²) >= 11 is 0. The number of anilines is 1. The number of benzene rings is 1. The van der Waals surface area contributed by atoms with Crippen LogP contribution in [0.25, 0.3) is 0 Å². The maximum absolute atomic E-state index is 6.19. The summed E-state index contributed by atoms with van der Waals surface area (Å²) < 4.78 is 10.9. The largest absolute Gasteiger partial charge is 0.497 e. The quantitative estimate of drug-likeness (QED) is 0.926. The van der Waals surface area contributed by atoms with Crippen molar-refractivity contribution in [1.29, 1.82) is 0 Å². The molecule has 1 aliphatic heterocycles. The van der Waals surface area contributed by atoms with Crippen molar-refractivity contribution < 1.29 is 9.47 Å². The van der Waals surface area contributed by atoms with Gasteiger partial charge in [0, 0.05) is 18.9 Å². The summed E-state index contributed by atoms with van der Waals surface area (Å²) in [5, 5.41) is 0. The number of methoxy groups -OCH3 is 2. The standard InChI is InChI=1S/C16H23N3O2/c1-20-13-6-3-5-12(9-13)19-15(17)18-11-16(19)8-4-7-14(10-16)21-2/h3,5-6,9,14H,4,7-8,10-11H2,1-2H3,(H2,17,18). The van der Waals surface area contributed by atoms with Crippen LogP contribution in [-0.2, 0) is 4.74 Å². The Morgan fingerprint density at radius 1 is 1.38 bits per heavy atom. The molecular formula is C16H23N3O2. The fraction of sp³-hybridized carbons (Fsp3) is 0.562. The van der Waals surface area contributed by atoms with Crippen molar-refractivity contribution in [2.45, 2.75) is 37.3 Å². The van der Waals surface area contributed by atoms with Gasteiger partial charge in [0.05, 0.1) is 25.3 Å². The van der Waals surface area contributed by atoms with Gasteiger partial charge in [-0.1, -0.05) is 6.07 Å². The van der Waals surface area contributed by atoms with E-state index in [1.807, 2.05) is 18.2 Å². The third kappa shape index (κ3) is 2.46. The van der Waals surface area contributed by atoms with E-state index in [0.717, 1.165) is 43.7 Å². The Hall–Kier alpha value is -1.75. The Balaban J connectivity index is 1.95. The molecule has 1 aliphatic carbocycles. The average Bonchev–Trinajstić information content (AvgIpc) is 2.83. The highest BCUT2D eigenvalue weighted by molar-refractivity contribution is 5.98. The van der Waals surface area contributed by atoms with Crippen LogP contribution < -0.4 is 15.4 Å². The molecule has 0 saturated heterocycles. The minimum absolute atomic E-state index is 0.0463. The number of guanidine groups is 1. The van der Waals surface area contributed by atoms with Gasteiger partial charge in [0.25, 0.3) is 0 Å². The van der Waals surface area contributed by atoms with Crippen LogP contribution in [0.4, 0.5) is 5.69 Å². The molecule has 0 amide bonds. The molecule has 3 rings (SSSR count). The summed E-state index contributed by atoms with van der Waals surface area (Å²) in [6, 6.07) is 8.02. The minimum Gasteiger partial charge on any atom is -0.497 e. The highest BCUT2D eigenvalue weighted by Gasteiger charge is 2.46. The van der Waals surface area contributed by atoms with Gasteiger partial charge >= 0.3 is 0 Å². The molecule has 1 aromatic carbocycles. The summed E-state index contributed by atoms with van der Waals surface area (Å²) in [4.78, 5) is 6.70. The van der Waals surface area contributed by atoms with E-state index in [1.165, 1.54) is 0 Å². The number of nitrogens with two attached hydrogens (primary N) is 1. The monoisotopic (exact) mass is 289 g/mol. The van der Waals surface area contributed by atoms with Crippen molar-refractivity contribution in [3.05, 3.63) is 24.3 Å². The second-order valence-electron chi connectivity index (χ2n) is 5.89. The minimum atomic E-state index is -0.0463. The number of hydrogen-bond donors (Lipinski definition) is 1. The third-order valence-corrected chi connectivity index (χ3v) is 4.66. The molecule has 21 heavy (non-hydrogen) atoms. The van der Waals surface area contributed by atoms with Gasteiger partial charge in [-0.15, -0.1) is 0 Å². The van der Waals surface area contributed by atoms with Crippen LogP contribution in [0.2, 0.25) is 0 Å². The predicted molar refractivity (Wildman–Crippen MR) is 84.0 cm³/mol. The number of aliphatic imine (C=N–C) groups is 1. The van der Waals surface area contributed by atoms with Crippen LogP contribution >= 0.6 is 0 Å². The van der Waals surface area contributed by atoms with Crippen molar-refractivity contribution >= 4 is 11.6 Å². The first-order valence-electron chi connectivity index (χ1n) is 7.45. The van der Waals surface area contributed by atoms with Gasteiger partial charge in [-0.2, -0.15) is 0 Å². The zero-order valence-electron chi connectivity index (χ0n) is 12.7. The van der Waals surface area contributed by atoms with Gasteiger partial charge in [-0.25, -0.2) is 0 Å². The van der Waals surface area contributed by atoms with Gasteiger partial charge < -0.3 is 20.1 Å². The summed E-state index contributed by atoms with van der Waals surface area (Å²) in [6.45, 7) is 0.746. The Morgan fingerprint density at radius 2 is 2.24 bits per heavy atom. The second-order valence-corrected chi connectivity index (χ2v) is 5.89. The summed E-state index contributed by atoms with van der Waals surface area (Å²) in [7, 11) is 3.47. The lowest BCUT2D eigenvalue weighted by Crippen LogP contribution is -2.55. The lowest BCUT2D eigenvalue weighted by Gasteiger charge is -2.44. The number of nitrogens with zero attached hydrogens (tertiary/aromatic N) is 2. The summed E-state index contributed by atoms with van der Waals surface area (Å²) in [5.74, 6) is 1.43. The smallest absolute Gasteiger partial charge is 0.196 e. The van der Waals surface area contributed by atoms with Crippen LogP contribution in [-0.4, -0.2) is 38.4 Å². The fourth-order valence-corrected chi connectivity index (χ4v) is 3.60. The molecule has 1 aromatic rings. The molecule has 1 heterocycles. The van der Waals surface area contributed by atoms with Gasteiger partial charge in [-0.3, -0.25) is 4.99 Å². The van der Waals surface area contributed by atoms with Crippen LogP contribution in [0.3, 0.4) is 0 Å². The highest BCUT2D eigenvalue weighted by Crippen LogP contribution is 2.41. The maximum atomic E-state index is 6.19. The van der Waals surface area contributed by atoms with Crippen molar-refractivity contribution in [3.63, 3.8) is 0 Å². The van der Waals surface area contributed by atoms with Crippen LogP contribution in [0.1, 0.15) is 25.7 Å². The van der Waals surface area contributed by atoms with E-state index in [-0.39, 0.29) is 11.6 Å². The Morgan fingerprint density at radius 3 is 3.00 bits per heavy atom. The lowest BCUT2D eigenvalue weighted by molar-refractivity contribution is 0.0459. The van der Waals surface area contributed by atoms with Gasteiger partial charge in [0.2, 0.25) is 0 Å². The molecule has 0 aromatic heterocycles. The second kappa shape index (κ2) is 5.56. The van der Waals surface area contributed by atoms with Crippen molar-refractivity contribution in [2.24, 2.45) is 10.7 Å². The first kappa shape index (κ1) is 14.2. The van der Waals surface area contributed by atoms with Gasteiger partial charge in [0.15, 0.2) is 5.96 Å². The first-order chi connectivity index (χ1) is 10.2. The van der Waals surface area contributed by atoms with Crippen LogP contribution in [0, 0.1) is 0 Å². The topological polar surface area (TPSA) is 60.1 Å².